The molecule has 1 heterocycles. The number of rotatable bonds is 9. The Kier molecular flexibility index (Phi) is 12.3. The van der Waals surface area contributed by atoms with Crippen molar-refractivity contribution in [3.63, 3.8) is 0 Å². The third-order valence-corrected chi connectivity index (χ3v) is 7.93. The molecule has 1 aliphatic rings. The highest BCUT2D eigenvalue weighted by molar-refractivity contribution is 5.97. The Morgan fingerprint density at radius 2 is 1.64 bits per heavy atom. The fraction of sp³-hybridized carbons (Fsp3) is 0.500. The van der Waals surface area contributed by atoms with Crippen LogP contribution in [0, 0.1) is 11.3 Å². The van der Waals surface area contributed by atoms with Crippen molar-refractivity contribution >= 4 is 46.3 Å². The highest BCUT2D eigenvalue weighted by Gasteiger charge is 2.38. The van der Waals surface area contributed by atoms with E-state index in [1.807, 2.05) is 42.5 Å². The quantitative estimate of drug-likeness (QED) is 0.113. The number of benzene rings is 2. The topological polar surface area (TPSA) is 207 Å². The maximum atomic E-state index is 13.7. The van der Waals surface area contributed by atoms with E-state index in [9.17, 15) is 24.0 Å². The summed E-state index contributed by atoms with van der Waals surface area (Å²) in [6.07, 6.45) is 0.991. The van der Waals surface area contributed by atoms with E-state index in [2.05, 4.69) is 31.9 Å². The van der Waals surface area contributed by atoms with E-state index in [4.69, 9.17) is 11.1 Å². The van der Waals surface area contributed by atoms with Crippen LogP contribution in [0.25, 0.3) is 10.8 Å². The lowest BCUT2D eigenvalue weighted by Gasteiger charge is -2.33. The molecular weight excluding hydrogens is 576 g/mol. The van der Waals surface area contributed by atoms with Crippen molar-refractivity contribution in [2.24, 2.45) is 11.7 Å². The van der Waals surface area contributed by atoms with E-state index in [0.717, 1.165) is 16.3 Å². The van der Waals surface area contributed by atoms with Crippen LogP contribution in [0.4, 0.5) is 0 Å². The van der Waals surface area contributed by atoms with Crippen molar-refractivity contribution in [3.8, 4) is 0 Å². The normalized spacial score (nSPS) is 23.3. The van der Waals surface area contributed by atoms with Gasteiger partial charge in [-0.05, 0) is 48.9 Å². The number of guanidine groups is 1. The minimum atomic E-state index is -1.46. The van der Waals surface area contributed by atoms with Crippen LogP contribution in [0.1, 0.15) is 58.9 Å². The van der Waals surface area contributed by atoms with Gasteiger partial charge in [-0.15, -0.1) is 0 Å². The molecule has 5 amide bonds. The highest BCUT2D eigenvalue weighted by Crippen LogP contribution is 2.20. The van der Waals surface area contributed by atoms with Crippen LogP contribution in [0.3, 0.4) is 0 Å². The van der Waals surface area contributed by atoms with Crippen LogP contribution in [0.5, 0.6) is 0 Å². The van der Waals surface area contributed by atoms with Gasteiger partial charge >= 0.3 is 0 Å². The predicted molar refractivity (Wildman–Crippen MR) is 172 cm³/mol. The second-order valence-electron chi connectivity index (χ2n) is 11.9. The summed E-state index contributed by atoms with van der Waals surface area (Å²) in [7, 11) is 0. The Labute approximate surface area is 263 Å². The summed E-state index contributed by atoms with van der Waals surface area (Å²) in [6, 6.07) is 10.5. The predicted octanol–water partition coefficient (Wildman–Crippen LogP) is 0.561. The van der Waals surface area contributed by atoms with Crippen molar-refractivity contribution in [2.45, 2.75) is 83.5 Å². The minimum absolute atomic E-state index is 0.0135. The van der Waals surface area contributed by atoms with Gasteiger partial charge in [0.15, 0.2) is 5.96 Å². The molecule has 0 bridgehead atoms. The van der Waals surface area contributed by atoms with Gasteiger partial charge in [0.1, 0.15) is 23.7 Å². The van der Waals surface area contributed by atoms with E-state index in [1.165, 1.54) is 0 Å². The van der Waals surface area contributed by atoms with Gasteiger partial charge in [0.25, 0.3) is 0 Å². The molecule has 0 saturated carbocycles. The first kappa shape index (κ1) is 34.8. The number of hydrogen-bond acceptors (Lipinski definition) is 6. The molecule has 0 spiro atoms. The summed E-state index contributed by atoms with van der Waals surface area (Å²) in [6.45, 7) is 6.99. The number of fused-ring (bicyclic) bond motifs is 1. The summed E-state index contributed by atoms with van der Waals surface area (Å²) in [5.41, 5.74) is 4.76. The molecular formula is C32H46N8O5. The molecule has 9 N–H and O–H groups in total. The Bertz CT molecular complexity index is 1410. The van der Waals surface area contributed by atoms with Crippen LogP contribution >= 0.6 is 0 Å². The standard InChI is InChI=1S/C32H46N8O5/c1-5-23-28(43)38-25(18-21-12-8-11-20-10-6-7-13-22(20)21)27(42)35-17-15-32(4,40-26(41)19(2)3)30(45)39-24(29(44)37-23)14-9-16-36-31(33)34/h6-8,10-13,19,23-25H,5,9,14-18H2,1-4H3,(H,35,42)(H,37,44)(H,38,43)(H,39,45)(H,40,41)(H4,33,34,36)/t23-,24-,25+,32+/m0/s1. The van der Waals surface area contributed by atoms with Crippen LogP contribution in [0.15, 0.2) is 42.5 Å². The fourth-order valence-corrected chi connectivity index (χ4v) is 5.12. The summed E-state index contributed by atoms with van der Waals surface area (Å²) in [5.74, 6) is -3.17. The van der Waals surface area contributed by atoms with Crippen LogP contribution in [0.2, 0.25) is 0 Å². The second kappa shape index (κ2) is 15.9. The summed E-state index contributed by atoms with van der Waals surface area (Å²) < 4.78 is 0. The van der Waals surface area contributed by atoms with Crippen molar-refractivity contribution in [1.29, 1.82) is 5.41 Å². The molecule has 1 saturated heterocycles. The smallest absolute Gasteiger partial charge is 0.246 e. The SMILES string of the molecule is CC[C@@H]1NC(=O)[C@H](CCCNC(=N)N)NC(=O)[C@](C)(NC(=O)C(C)C)CCNC(=O)[C@@H](Cc2cccc3ccccc23)NC1=O. The first-order chi connectivity index (χ1) is 21.3. The first-order valence-electron chi connectivity index (χ1n) is 15.4. The van der Waals surface area contributed by atoms with Gasteiger partial charge in [-0.1, -0.05) is 63.2 Å². The Balaban J connectivity index is 1.95. The number of nitrogens with one attached hydrogen (secondary N) is 7. The summed E-state index contributed by atoms with van der Waals surface area (Å²) in [5, 5.41) is 25.9. The van der Waals surface area contributed by atoms with Gasteiger partial charge in [0.2, 0.25) is 29.5 Å². The molecule has 13 nitrogen and oxygen atoms in total. The lowest BCUT2D eigenvalue weighted by atomic mass is 9.93. The Hall–Kier alpha value is -4.68. The first-order valence-corrected chi connectivity index (χ1v) is 15.4. The average molecular weight is 623 g/mol. The molecule has 0 unspecified atom stereocenters. The molecule has 1 fully saturated rings. The van der Waals surface area contributed by atoms with Crippen LogP contribution in [-0.2, 0) is 30.4 Å². The zero-order valence-electron chi connectivity index (χ0n) is 26.4. The van der Waals surface area contributed by atoms with Crippen LogP contribution < -0.4 is 37.6 Å². The largest absolute Gasteiger partial charge is 0.370 e. The zero-order chi connectivity index (χ0) is 33.1. The van der Waals surface area contributed by atoms with Gasteiger partial charge in [-0.3, -0.25) is 29.4 Å². The van der Waals surface area contributed by atoms with Gasteiger partial charge in [0, 0.05) is 25.4 Å². The number of nitrogens with two attached hydrogens (primary N) is 1. The Morgan fingerprint density at radius 3 is 2.33 bits per heavy atom. The van der Waals surface area contributed by atoms with Gasteiger partial charge in [-0.25, -0.2) is 0 Å². The van der Waals surface area contributed by atoms with E-state index in [0.29, 0.717) is 6.42 Å². The van der Waals surface area contributed by atoms with Gasteiger partial charge < -0.3 is 37.6 Å². The number of hydrogen-bond donors (Lipinski definition) is 8. The third kappa shape index (κ3) is 9.65. The lowest BCUT2D eigenvalue weighted by molar-refractivity contribution is -0.138. The molecule has 0 radical (unpaired) electrons. The van der Waals surface area contributed by atoms with Gasteiger partial charge in [0.05, 0.1) is 0 Å². The third-order valence-electron chi connectivity index (χ3n) is 7.93. The average Bonchev–Trinajstić information content (AvgIpc) is 3.00. The summed E-state index contributed by atoms with van der Waals surface area (Å²) in [4.78, 5) is 67.1. The molecule has 4 atom stereocenters. The van der Waals surface area contributed by atoms with E-state index < -0.39 is 53.2 Å². The molecule has 244 valence electrons. The molecule has 0 aromatic heterocycles. The van der Waals surface area contributed by atoms with E-state index >= 15 is 0 Å². The molecule has 1 aliphatic heterocycles. The molecule has 45 heavy (non-hydrogen) atoms. The van der Waals surface area contributed by atoms with Gasteiger partial charge in [-0.2, -0.15) is 0 Å². The van der Waals surface area contributed by atoms with E-state index in [-0.39, 0.29) is 50.6 Å². The van der Waals surface area contributed by atoms with Crippen molar-refractivity contribution < 1.29 is 24.0 Å². The maximum Gasteiger partial charge on any atom is 0.246 e. The number of carbonyl (C=O) groups is 5. The highest BCUT2D eigenvalue weighted by atomic mass is 16.2. The molecule has 3 rings (SSSR count). The lowest BCUT2D eigenvalue weighted by Crippen LogP contribution is -2.63. The summed E-state index contributed by atoms with van der Waals surface area (Å²) >= 11 is 0. The van der Waals surface area contributed by atoms with Crippen molar-refractivity contribution in [1.82, 2.24) is 31.9 Å². The van der Waals surface area contributed by atoms with E-state index in [1.54, 1.807) is 27.7 Å². The second-order valence-corrected chi connectivity index (χ2v) is 11.9. The molecule has 2 aromatic carbocycles. The maximum absolute atomic E-state index is 13.7. The van der Waals surface area contributed by atoms with Crippen molar-refractivity contribution in [3.05, 3.63) is 48.0 Å². The zero-order valence-corrected chi connectivity index (χ0v) is 26.4. The number of carbonyl (C=O) groups excluding carboxylic acids is 5. The van der Waals surface area contributed by atoms with Crippen LogP contribution in [-0.4, -0.2) is 72.2 Å². The number of amides is 5. The minimum Gasteiger partial charge on any atom is -0.370 e. The molecule has 13 heteroatoms. The fourth-order valence-electron chi connectivity index (χ4n) is 5.12. The molecule has 0 aliphatic carbocycles. The Morgan fingerprint density at radius 1 is 0.978 bits per heavy atom. The van der Waals surface area contributed by atoms with Crippen molar-refractivity contribution in [2.75, 3.05) is 13.1 Å². The molecule has 2 aromatic rings. The monoisotopic (exact) mass is 622 g/mol.